The summed E-state index contributed by atoms with van der Waals surface area (Å²) in [5.41, 5.74) is 1.10. The minimum Gasteiger partial charge on any atom is -0.349 e. The molecule has 0 bridgehead atoms. The molecule has 1 aromatic heterocycles. The minimum atomic E-state index is -0.0801. The van der Waals surface area contributed by atoms with Crippen LogP contribution in [-0.4, -0.2) is 34.8 Å². The van der Waals surface area contributed by atoms with E-state index < -0.39 is 0 Å². The second-order valence-corrected chi connectivity index (χ2v) is 8.93. The fraction of sp³-hybridized carbons (Fsp3) is 0.722. The van der Waals surface area contributed by atoms with E-state index in [1.807, 2.05) is 4.90 Å². The molecule has 1 atom stereocenters. The topological polar surface area (TPSA) is 62.3 Å². The number of thiazole rings is 1. The third-order valence-corrected chi connectivity index (χ3v) is 5.61. The van der Waals surface area contributed by atoms with E-state index in [9.17, 15) is 9.59 Å². The Labute approximate surface area is 147 Å². The van der Waals surface area contributed by atoms with E-state index in [1.54, 1.807) is 11.3 Å². The van der Waals surface area contributed by atoms with Crippen LogP contribution < -0.4 is 5.32 Å². The molecule has 2 aliphatic rings. The normalized spacial score (nSPS) is 21.6. The molecule has 5 nitrogen and oxygen atoms in total. The highest BCUT2D eigenvalue weighted by atomic mass is 32.1. The molecule has 3 rings (SSSR count). The summed E-state index contributed by atoms with van der Waals surface area (Å²) in [7, 11) is 0. The van der Waals surface area contributed by atoms with Gasteiger partial charge in [0, 0.05) is 29.8 Å². The Balaban J connectivity index is 1.51. The van der Waals surface area contributed by atoms with Crippen LogP contribution in [0.3, 0.4) is 0 Å². The third kappa shape index (κ3) is 4.15. The number of likely N-dealkylation sites (tertiary alicyclic amines) is 1. The number of nitrogens with one attached hydrogen (secondary N) is 1. The van der Waals surface area contributed by atoms with Crippen LogP contribution in [0.2, 0.25) is 0 Å². The van der Waals surface area contributed by atoms with E-state index >= 15 is 0 Å². The molecule has 0 radical (unpaired) electrons. The molecule has 1 saturated heterocycles. The molecule has 1 aromatic rings. The van der Waals surface area contributed by atoms with Crippen LogP contribution in [0.4, 0.5) is 0 Å². The van der Waals surface area contributed by atoms with Crippen LogP contribution in [0.5, 0.6) is 0 Å². The van der Waals surface area contributed by atoms with Gasteiger partial charge in [-0.25, -0.2) is 4.98 Å². The summed E-state index contributed by atoms with van der Waals surface area (Å²) in [4.78, 5) is 31.2. The van der Waals surface area contributed by atoms with Gasteiger partial charge in [0.1, 0.15) is 5.01 Å². The molecule has 2 fully saturated rings. The first kappa shape index (κ1) is 17.4. The number of nitrogens with zero attached hydrogens (tertiary/aromatic N) is 2. The molecule has 6 heteroatoms. The lowest BCUT2D eigenvalue weighted by Crippen LogP contribution is -2.45. The van der Waals surface area contributed by atoms with Crippen molar-refractivity contribution in [2.24, 2.45) is 11.8 Å². The van der Waals surface area contributed by atoms with E-state index in [4.69, 9.17) is 0 Å². The van der Waals surface area contributed by atoms with Crippen LogP contribution in [0, 0.1) is 11.8 Å². The average molecular weight is 350 g/mol. The Morgan fingerprint density at radius 3 is 2.67 bits per heavy atom. The van der Waals surface area contributed by atoms with Crippen LogP contribution >= 0.6 is 11.3 Å². The molecule has 2 amide bonds. The maximum Gasteiger partial charge on any atom is 0.225 e. The number of rotatable bonds is 4. The molecule has 1 N–H and O–H groups in total. The fourth-order valence-electron chi connectivity index (χ4n) is 3.02. The predicted molar refractivity (Wildman–Crippen MR) is 94.7 cm³/mol. The van der Waals surface area contributed by atoms with Gasteiger partial charge in [0.2, 0.25) is 11.8 Å². The molecule has 0 spiro atoms. The minimum absolute atomic E-state index is 0.0335. The number of hydrogen-bond acceptors (Lipinski definition) is 4. The number of aromatic nitrogens is 1. The summed E-state index contributed by atoms with van der Waals surface area (Å²) in [6.45, 7) is 8.27. The zero-order chi connectivity index (χ0) is 17.3. The Bertz CT molecular complexity index is 616. The molecule has 1 saturated carbocycles. The highest BCUT2D eigenvalue weighted by Crippen LogP contribution is 2.32. The number of carbonyl (C=O) groups is 2. The maximum atomic E-state index is 12.5. The molecule has 0 unspecified atom stereocenters. The van der Waals surface area contributed by atoms with Gasteiger partial charge in [0.05, 0.1) is 18.2 Å². The van der Waals surface area contributed by atoms with Crippen molar-refractivity contribution in [2.75, 3.05) is 13.1 Å². The van der Waals surface area contributed by atoms with E-state index in [2.05, 4.69) is 36.5 Å². The highest BCUT2D eigenvalue weighted by Gasteiger charge is 2.36. The van der Waals surface area contributed by atoms with Crippen molar-refractivity contribution in [3.63, 3.8) is 0 Å². The first-order chi connectivity index (χ1) is 11.3. The van der Waals surface area contributed by atoms with E-state index in [1.165, 1.54) is 0 Å². The maximum absolute atomic E-state index is 12.5. The van der Waals surface area contributed by atoms with Crippen molar-refractivity contribution < 1.29 is 9.59 Å². The molecular weight excluding hydrogens is 322 g/mol. The summed E-state index contributed by atoms with van der Waals surface area (Å²) < 4.78 is 0. The van der Waals surface area contributed by atoms with Gasteiger partial charge in [0.15, 0.2) is 0 Å². The van der Waals surface area contributed by atoms with Crippen LogP contribution in [0.15, 0.2) is 5.38 Å². The Morgan fingerprint density at radius 2 is 2.04 bits per heavy atom. The molecule has 0 aromatic carbocycles. The molecule has 24 heavy (non-hydrogen) atoms. The van der Waals surface area contributed by atoms with Crippen molar-refractivity contribution in [3.05, 3.63) is 16.1 Å². The second-order valence-electron chi connectivity index (χ2n) is 7.99. The summed E-state index contributed by atoms with van der Waals surface area (Å²) in [5.74, 6) is 0.458. The lowest BCUT2D eigenvalue weighted by molar-refractivity contribution is -0.136. The first-order valence-electron chi connectivity index (χ1n) is 8.86. The Kier molecular flexibility index (Phi) is 4.95. The van der Waals surface area contributed by atoms with E-state index in [0.717, 1.165) is 42.9 Å². The van der Waals surface area contributed by atoms with Crippen LogP contribution in [0.1, 0.15) is 57.2 Å². The largest absolute Gasteiger partial charge is 0.349 e. The summed E-state index contributed by atoms with van der Waals surface area (Å²) in [6, 6.07) is 0. The zero-order valence-corrected chi connectivity index (χ0v) is 15.6. The van der Waals surface area contributed by atoms with Crippen molar-refractivity contribution in [3.8, 4) is 0 Å². The monoisotopic (exact) mass is 349 g/mol. The van der Waals surface area contributed by atoms with Gasteiger partial charge in [-0.15, -0.1) is 11.3 Å². The summed E-state index contributed by atoms with van der Waals surface area (Å²) in [5, 5.41) is 6.02. The van der Waals surface area contributed by atoms with Gasteiger partial charge < -0.3 is 10.2 Å². The Hall–Kier alpha value is -1.43. The molecule has 1 aliphatic carbocycles. The van der Waals surface area contributed by atoms with Gasteiger partial charge >= 0.3 is 0 Å². The van der Waals surface area contributed by atoms with Crippen LogP contribution in [0.25, 0.3) is 0 Å². The van der Waals surface area contributed by atoms with Crippen molar-refractivity contribution >= 4 is 23.2 Å². The standard InChI is InChI=1S/C18H27N3O2S/c1-18(2,3)14-11-24-15(20-14)9-19-16(22)13-5-4-8-21(10-13)17(23)12-6-7-12/h11-13H,4-10H2,1-3H3,(H,19,22)/t13-/m1/s1. The van der Waals surface area contributed by atoms with Gasteiger partial charge in [-0.05, 0) is 25.7 Å². The second kappa shape index (κ2) is 6.82. The van der Waals surface area contributed by atoms with Gasteiger partial charge in [0.25, 0.3) is 0 Å². The number of piperidine rings is 1. The van der Waals surface area contributed by atoms with Gasteiger partial charge in [-0.3, -0.25) is 9.59 Å². The number of amides is 2. The highest BCUT2D eigenvalue weighted by molar-refractivity contribution is 7.09. The molecule has 2 heterocycles. The lowest BCUT2D eigenvalue weighted by atomic mass is 9.93. The van der Waals surface area contributed by atoms with Gasteiger partial charge in [-0.2, -0.15) is 0 Å². The lowest BCUT2D eigenvalue weighted by Gasteiger charge is -2.32. The van der Waals surface area contributed by atoms with Crippen LogP contribution in [-0.2, 0) is 21.5 Å². The van der Waals surface area contributed by atoms with Crippen molar-refractivity contribution in [1.29, 1.82) is 0 Å². The predicted octanol–water partition coefficient (Wildman–Crippen LogP) is 2.71. The van der Waals surface area contributed by atoms with E-state index in [0.29, 0.717) is 13.1 Å². The third-order valence-electron chi connectivity index (χ3n) is 4.76. The number of hydrogen-bond donors (Lipinski definition) is 1. The SMILES string of the molecule is CC(C)(C)c1csc(CNC(=O)[C@@H]2CCCN(C(=O)C3CC3)C2)n1. The fourth-order valence-corrected chi connectivity index (χ4v) is 3.98. The Morgan fingerprint density at radius 1 is 1.29 bits per heavy atom. The molecule has 132 valence electrons. The average Bonchev–Trinajstić information content (AvgIpc) is 3.28. The van der Waals surface area contributed by atoms with Crippen molar-refractivity contribution in [1.82, 2.24) is 15.2 Å². The number of carbonyl (C=O) groups excluding carboxylic acids is 2. The molecular formula is C18H27N3O2S. The van der Waals surface area contributed by atoms with Crippen molar-refractivity contribution in [2.45, 2.75) is 58.4 Å². The summed E-state index contributed by atoms with van der Waals surface area (Å²) in [6.07, 6.45) is 3.83. The smallest absolute Gasteiger partial charge is 0.225 e. The molecule has 1 aliphatic heterocycles. The first-order valence-corrected chi connectivity index (χ1v) is 9.74. The zero-order valence-electron chi connectivity index (χ0n) is 14.8. The van der Waals surface area contributed by atoms with E-state index in [-0.39, 0.29) is 29.1 Å². The quantitative estimate of drug-likeness (QED) is 0.909. The van der Waals surface area contributed by atoms with Gasteiger partial charge in [-0.1, -0.05) is 20.8 Å². The summed E-state index contributed by atoms with van der Waals surface area (Å²) >= 11 is 1.59.